The van der Waals surface area contributed by atoms with E-state index in [-0.39, 0.29) is 12.1 Å². The number of hydrogen-bond acceptors (Lipinski definition) is 2. The molecule has 3 fully saturated rings. The van der Waals surface area contributed by atoms with Gasteiger partial charge in [-0.05, 0) is 97.7 Å². The number of rotatable bonds is 15. The van der Waals surface area contributed by atoms with Crippen molar-refractivity contribution in [1.29, 1.82) is 0 Å². The van der Waals surface area contributed by atoms with Crippen molar-refractivity contribution >= 4 is 5.97 Å². The third-order valence-electron chi connectivity index (χ3n) is 12.8. The van der Waals surface area contributed by atoms with Gasteiger partial charge < -0.3 is 4.74 Å². The SMILES string of the molecule is CCCCCCCCCCC(=O)OC1CC[C@@]2(C)C(=CC[C@H]3[C@@H]4CC[C@H]([C@H](C)CCCC(C)C)[C@@]4(C)CC[C@@H]32)C1. The summed E-state index contributed by atoms with van der Waals surface area (Å²) >= 11 is 0. The van der Waals surface area contributed by atoms with Crippen LogP contribution in [-0.2, 0) is 9.53 Å². The molecule has 4 aliphatic rings. The summed E-state index contributed by atoms with van der Waals surface area (Å²) < 4.78 is 6.07. The van der Waals surface area contributed by atoms with E-state index in [0.29, 0.717) is 17.3 Å². The molecule has 0 N–H and O–H groups in total. The zero-order valence-corrected chi connectivity index (χ0v) is 27.6. The summed E-state index contributed by atoms with van der Waals surface area (Å²) in [5, 5.41) is 0. The highest BCUT2D eigenvalue weighted by atomic mass is 16.5. The van der Waals surface area contributed by atoms with Crippen LogP contribution in [0.25, 0.3) is 0 Å². The number of carbonyl (C=O) groups is 1. The van der Waals surface area contributed by atoms with Gasteiger partial charge in [0.1, 0.15) is 6.10 Å². The van der Waals surface area contributed by atoms with Crippen LogP contribution in [-0.4, -0.2) is 12.1 Å². The second-order valence-electron chi connectivity index (χ2n) is 15.9. The molecule has 4 rings (SSSR count). The quantitative estimate of drug-likeness (QED) is 0.114. The largest absolute Gasteiger partial charge is 0.462 e. The zero-order valence-electron chi connectivity index (χ0n) is 27.6. The first-order chi connectivity index (χ1) is 19.2. The molecule has 0 aliphatic heterocycles. The summed E-state index contributed by atoms with van der Waals surface area (Å²) in [5.74, 6) is 5.34. The smallest absolute Gasteiger partial charge is 0.306 e. The molecular formula is C38H66O2. The van der Waals surface area contributed by atoms with Crippen LogP contribution in [0.3, 0.4) is 0 Å². The Balaban J connectivity index is 1.26. The number of esters is 1. The summed E-state index contributed by atoms with van der Waals surface area (Å²) in [6.45, 7) is 14.9. The molecular weight excluding hydrogens is 488 g/mol. The van der Waals surface area contributed by atoms with Gasteiger partial charge in [-0.1, -0.05) is 117 Å². The Morgan fingerprint density at radius 2 is 1.60 bits per heavy atom. The Morgan fingerprint density at radius 1 is 0.875 bits per heavy atom. The van der Waals surface area contributed by atoms with E-state index < -0.39 is 0 Å². The van der Waals surface area contributed by atoms with Gasteiger partial charge in [-0.25, -0.2) is 0 Å². The predicted molar refractivity (Wildman–Crippen MR) is 170 cm³/mol. The minimum Gasteiger partial charge on any atom is -0.462 e. The molecule has 0 radical (unpaired) electrons. The number of allylic oxidation sites excluding steroid dienone is 1. The van der Waals surface area contributed by atoms with Crippen LogP contribution in [0.15, 0.2) is 11.6 Å². The van der Waals surface area contributed by atoms with Crippen LogP contribution < -0.4 is 0 Å². The van der Waals surface area contributed by atoms with E-state index in [1.165, 1.54) is 103 Å². The van der Waals surface area contributed by atoms with Crippen molar-refractivity contribution in [2.24, 2.45) is 46.3 Å². The highest BCUT2D eigenvalue weighted by Crippen LogP contribution is 2.67. The molecule has 0 aromatic heterocycles. The van der Waals surface area contributed by atoms with Gasteiger partial charge in [-0.2, -0.15) is 0 Å². The molecule has 2 nitrogen and oxygen atoms in total. The lowest BCUT2D eigenvalue weighted by molar-refractivity contribution is -0.151. The Labute approximate surface area is 249 Å². The molecule has 3 saturated carbocycles. The van der Waals surface area contributed by atoms with Gasteiger partial charge in [0.15, 0.2) is 0 Å². The summed E-state index contributed by atoms with van der Waals surface area (Å²) in [6.07, 6.45) is 28.1. The fourth-order valence-corrected chi connectivity index (χ4v) is 10.4. The van der Waals surface area contributed by atoms with Crippen molar-refractivity contribution in [3.63, 3.8) is 0 Å². The maximum Gasteiger partial charge on any atom is 0.306 e. The Morgan fingerprint density at radius 3 is 2.33 bits per heavy atom. The van der Waals surface area contributed by atoms with Gasteiger partial charge in [0.25, 0.3) is 0 Å². The Bertz CT molecular complexity index is 827. The number of hydrogen-bond donors (Lipinski definition) is 0. The molecule has 0 saturated heterocycles. The first kappa shape index (κ1) is 32.1. The molecule has 0 aromatic carbocycles. The van der Waals surface area contributed by atoms with Crippen molar-refractivity contribution in [1.82, 2.24) is 0 Å². The van der Waals surface area contributed by atoms with E-state index in [9.17, 15) is 4.79 Å². The van der Waals surface area contributed by atoms with Crippen LogP contribution in [0.2, 0.25) is 0 Å². The number of carbonyl (C=O) groups excluding carboxylic acids is 1. The Kier molecular flexibility index (Phi) is 11.7. The van der Waals surface area contributed by atoms with Crippen molar-refractivity contribution in [3.8, 4) is 0 Å². The normalized spacial score (nSPS) is 36.0. The van der Waals surface area contributed by atoms with Crippen LogP contribution in [0.5, 0.6) is 0 Å². The van der Waals surface area contributed by atoms with Crippen molar-refractivity contribution in [3.05, 3.63) is 11.6 Å². The van der Waals surface area contributed by atoms with Crippen LogP contribution in [0.1, 0.15) is 170 Å². The molecule has 1 unspecified atom stereocenters. The lowest BCUT2D eigenvalue weighted by atomic mass is 9.47. The minimum atomic E-state index is 0.0572. The number of fused-ring (bicyclic) bond motifs is 5. The van der Waals surface area contributed by atoms with Gasteiger partial charge in [-0.15, -0.1) is 0 Å². The second-order valence-corrected chi connectivity index (χ2v) is 15.9. The first-order valence-corrected chi connectivity index (χ1v) is 18.1. The van der Waals surface area contributed by atoms with E-state index in [2.05, 4.69) is 47.6 Å². The lowest BCUT2D eigenvalue weighted by Crippen LogP contribution is -2.51. The number of ether oxygens (including phenoxy) is 1. The molecule has 40 heavy (non-hydrogen) atoms. The highest BCUT2D eigenvalue weighted by Gasteiger charge is 2.59. The fourth-order valence-electron chi connectivity index (χ4n) is 10.4. The van der Waals surface area contributed by atoms with Crippen molar-refractivity contribution in [2.75, 3.05) is 0 Å². The molecule has 0 heterocycles. The summed E-state index contributed by atoms with van der Waals surface area (Å²) in [4.78, 5) is 12.7. The van der Waals surface area contributed by atoms with E-state index in [1.807, 2.05) is 0 Å². The average Bonchev–Trinajstić information content (AvgIpc) is 3.27. The monoisotopic (exact) mass is 555 g/mol. The van der Waals surface area contributed by atoms with E-state index >= 15 is 0 Å². The van der Waals surface area contributed by atoms with Gasteiger partial charge in [0.2, 0.25) is 0 Å². The summed E-state index contributed by atoms with van der Waals surface area (Å²) in [6, 6.07) is 0. The molecule has 0 spiro atoms. The van der Waals surface area contributed by atoms with Crippen LogP contribution in [0, 0.1) is 46.3 Å². The lowest BCUT2D eigenvalue weighted by Gasteiger charge is -2.58. The fraction of sp³-hybridized carbons (Fsp3) is 0.921. The molecule has 230 valence electrons. The van der Waals surface area contributed by atoms with Gasteiger partial charge in [0.05, 0.1) is 0 Å². The van der Waals surface area contributed by atoms with E-state index in [0.717, 1.165) is 54.8 Å². The van der Waals surface area contributed by atoms with Crippen LogP contribution in [0.4, 0.5) is 0 Å². The molecule has 0 aromatic rings. The number of unbranched alkanes of at least 4 members (excludes halogenated alkanes) is 7. The van der Waals surface area contributed by atoms with E-state index in [4.69, 9.17) is 4.74 Å². The maximum absolute atomic E-state index is 12.7. The molecule has 2 heteroatoms. The zero-order chi connectivity index (χ0) is 28.8. The van der Waals surface area contributed by atoms with Gasteiger partial charge >= 0.3 is 5.97 Å². The third-order valence-corrected chi connectivity index (χ3v) is 12.8. The summed E-state index contributed by atoms with van der Waals surface area (Å²) in [5.41, 5.74) is 2.54. The van der Waals surface area contributed by atoms with E-state index in [1.54, 1.807) is 5.57 Å². The van der Waals surface area contributed by atoms with Crippen molar-refractivity contribution in [2.45, 2.75) is 176 Å². The predicted octanol–water partition coefficient (Wildman–Crippen LogP) is 11.5. The second kappa shape index (κ2) is 14.6. The van der Waals surface area contributed by atoms with Gasteiger partial charge in [0, 0.05) is 12.8 Å². The highest BCUT2D eigenvalue weighted by molar-refractivity contribution is 5.69. The van der Waals surface area contributed by atoms with Gasteiger partial charge in [-0.3, -0.25) is 4.79 Å². The van der Waals surface area contributed by atoms with Crippen LogP contribution >= 0.6 is 0 Å². The standard InChI is InChI=1S/C38H66O2/c1-7-8-9-10-11-12-13-14-18-36(39)40-31-23-25-37(5)30(27-31)19-20-32-34-22-21-33(29(4)17-15-16-28(2)3)38(34,6)26-24-35(32)37/h19,28-29,31-35H,7-18,20-27H2,1-6H3/t29-,31?,32+,33-,34+,35+,37+,38-/m1/s1. The minimum absolute atomic E-state index is 0.0572. The maximum atomic E-state index is 12.7. The third kappa shape index (κ3) is 7.40. The molecule has 0 bridgehead atoms. The Hall–Kier alpha value is -0.790. The molecule has 8 atom stereocenters. The molecule has 4 aliphatic carbocycles. The first-order valence-electron chi connectivity index (χ1n) is 18.1. The molecule has 0 amide bonds. The topological polar surface area (TPSA) is 26.3 Å². The summed E-state index contributed by atoms with van der Waals surface area (Å²) in [7, 11) is 0. The van der Waals surface area contributed by atoms with Crippen molar-refractivity contribution < 1.29 is 9.53 Å². The average molecular weight is 555 g/mol.